The summed E-state index contributed by atoms with van der Waals surface area (Å²) in [6.07, 6.45) is 3.80. The Morgan fingerprint density at radius 1 is 0.714 bits per heavy atom. The van der Waals surface area contributed by atoms with E-state index in [1.165, 1.54) is 28.7 Å². The molecule has 0 aromatic heterocycles. The summed E-state index contributed by atoms with van der Waals surface area (Å²) in [5.41, 5.74) is 12.8. The first-order chi connectivity index (χ1) is 15.3. The molecule has 2 aliphatic rings. The van der Waals surface area contributed by atoms with Crippen LogP contribution in [0, 0.1) is 11.8 Å². The van der Waals surface area contributed by atoms with Crippen molar-refractivity contribution in [1.82, 2.24) is 0 Å². The summed E-state index contributed by atoms with van der Waals surface area (Å²) < 4.78 is 2.45. The van der Waals surface area contributed by atoms with Gasteiger partial charge in [-0.15, -0.1) is 0 Å². The minimum absolute atomic E-state index is 0. The van der Waals surface area contributed by atoms with Gasteiger partial charge in [-0.05, 0) is 0 Å². The zero-order chi connectivity index (χ0) is 24.3. The van der Waals surface area contributed by atoms with Crippen LogP contribution in [0.15, 0.2) is 56.9 Å². The molecule has 0 bridgehead atoms. The van der Waals surface area contributed by atoms with Crippen molar-refractivity contribution in [3.05, 3.63) is 79.2 Å². The van der Waals surface area contributed by atoms with Gasteiger partial charge < -0.3 is 24.8 Å². The average Bonchev–Trinajstić information content (AvgIpc) is 3.27. The van der Waals surface area contributed by atoms with Crippen molar-refractivity contribution in [1.29, 1.82) is 0 Å². The number of rotatable bonds is 4. The van der Waals surface area contributed by atoms with Crippen molar-refractivity contribution in [2.45, 2.75) is 90.1 Å². The molecule has 0 nitrogen and oxygen atoms in total. The maximum Gasteiger partial charge on any atom is -1.00 e. The molecule has 2 aromatic carbocycles. The van der Waals surface area contributed by atoms with Gasteiger partial charge in [-0.25, -0.2) is 0 Å². The van der Waals surface area contributed by atoms with E-state index in [1.807, 2.05) is 3.28 Å². The molecule has 0 fully saturated rings. The Kier molecular flexibility index (Phi) is 9.63. The Bertz CT molecular complexity index is 1070. The summed E-state index contributed by atoms with van der Waals surface area (Å²) in [6, 6.07) is 14.7. The fraction of sp³-hybridized carbons (Fsp3) is 0.500. The van der Waals surface area contributed by atoms with Gasteiger partial charge >= 0.3 is 215 Å². The third-order valence-corrected chi connectivity index (χ3v) is 11.7. The number of hydrogen-bond donors (Lipinski definition) is 0. The van der Waals surface area contributed by atoms with E-state index in [1.54, 1.807) is 22.3 Å². The fourth-order valence-corrected chi connectivity index (χ4v) is 10.0. The van der Waals surface area contributed by atoms with Crippen LogP contribution in [-0.4, -0.2) is 0 Å². The quantitative estimate of drug-likeness (QED) is 0.514. The first kappa shape index (κ1) is 30.6. The van der Waals surface area contributed by atoms with Crippen molar-refractivity contribution in [2.24, 2.45) is 11.8 Å². The van der Waals surface area contributed by atoms with E-state index in [9.17, 15) is 0 Å². The molecule has 0 atom stereocenters. The van der Waals surface area contributed by atoms with Crippen LogP contribution >= 0.6 is 0 Å². The van der Waals surface area contributed by atoms with Crippen molar-refractivity contribution in [3.8, 4) is 11.1 Å². The SMILES string of the molecule is CC(C)C1=CC(C(C)C)=[C]([Zr+2][CH]2c3cc(C(C)(C)C)ccc3-c3ccc(C(C)(C)C)cc32)C1.[Cl-].[Cl-]. The van der Waals surface area contributed by atoms with Crippen LogP contribution in [0.25, 0.3) is 11.1 Å². The molecule has 0 radical (unpaired) electrons. The molecule has 0 amide bonds. The van der Waals surface area contributed by atoms with Gasteiger partial charge in [0.2, 0.25) is 0 Å². The van der Waals surface area contributed by atoms with E-state index in [4.69, 9.17) is 0 Å². The third kappa shape index (κ3) is 6.11. The summed E-state index contributed by atoms with van der Waals surface area (Å²) >= 11 is -0.866. The van der Waals surface area contributed by atoms with Crippen LogP contribution in [0.1, 0.15) is 102 Å². The smallest absolute Gasteiger partial charge is 1.00 e. The minimum Gasteiger partial charge on any atom is -1.00 e. The predicted octanol–water partition coefficient (Wildman–Crippen LogP) is 3.34. The molecule has 0 N–H and O–H groups in total. The van der Waals surface area contributed by atoms with Crippen LogP contribution < -0.4 is 24.8 Å². The molecular formula is C32H42Cl2Zr. The molecule has 4 rings (SSSR count). The van der Waals surface area contributed by atoms with E-state index in [0.29, 0.717) is 15.5 Å². The second-order valence-corrected chi connectivity index (χ2v) is 16.4. The van der Waals surface area contributed by atoms with Gasteiger partial charge in [-0.1, -0.05) is 0 Å². The van der Waals surface area contributed by atoms with Gasteiger partial charge in [0.1, 0.15) is 0 Å². The zero-order valence-corrected chi connectivity index (χ0v) is 27.2. The van der Waals surface area contributed by atoms with E-state index in [-0.39, 0.29) is 35.6 Å². The Hall–Kier alpha value is -0.617. The van der Waals surface area contributed by atoms with Crippen LogP contribution in [0.2, 0.25) is 0 Å². The van der Waals surface area contributed by atoms with E-state index >= 15 is 0 Å². The second kappa shape index (κ2) is 11.0. The van der Waals surface area contributed by atoms with Gasteiger partial charge in [-0.2, -0.15) is 0 Å². The zero-order valence-electron chi connectivity index (χ0n) is 23.2. The van der Waals surface area contributed by atoms with Crippen LogP contribution in [0.5, 0.6) is 0 Å². The van der Waals surface area contributed by atoms with Gasteiger partial charge in [-0.3, -0.25) is 0 Å². The minimum atomic E-state index is -0.866. The Morgan fingerprint density at radius 2 is 1.17 bits per heavy atom. The normalized spacial score (nSPS) is 15.5. The maximum atomic E-state index is 2.57. The molecule has 0 aliphatic heterocycles. The van der Waals surface area contributed by atoms with Gasteiger partial charge in [0.15, 0.2) is 0 Å². The molecule has 2 aromatic rings. The molecule has 0 saturated heterocycles. The molecule has 0 unspecified atom stereocenters. The number of allylic oxidation sites excluding steroid dienone is 4. The molecule has 0 spiro atoms. The maximum absolute atomic E-state index is 2.57. The van der Waals surface area contributed by atoms with Gasteiger partial charge in [0.05, 0.1) is 0 Å². The number of fused-ring (bicyclic) bond motifs is 3. The van der Waals surface area contributed by atoms with Crippen LogP contribution in [0.3, 0.4) is 0 Å². The Balaban J connectivity index is 0.00000216. The standard InChI is InChI=1S/C21H25.C11H17.2ClH.Zr/c1-20(2,3)16-7-9-18-14(12-16)11-15-13-17(21(4,5)6)8-10-19(15)18;1-8(2)10-5-6-11(7-10)9(3)4;;;/h7-13H,1-6H3;7-9H,5H2,1-4H3;2*1H;/q;;;;+2/p-2. The number of halogens is 2. The summed E-state index contributed by atoms with van der Waals surface area (Å²) in [7, 11) is 0. The van der Waals surface area contributed by atoms with Crippen molar-refractivity contribution < 1.29 is 48.0 Å². The molecule has 0 heterocycles. The molecule has 188 valence electrons. The Labute approximate surface area is 238 Å². The molecular weight excluding hydrogens is 546 g/mol. The molecule has 3 heteroatoms. The first-order valence-electron chi connectivity index (χ1n) is 12.8. The van der Waals surface area contributed by atoms with Crippen LogP contribution in [0.4, 0.5) is 0 Å². The summed E-state index contributed by atoms with van der Waals surface area (Å²) in [4.78, 5) is 0. The van der Waals surface area contributed by atoms with Crippen molar-refractivity contribution in [2.75, 3.05) is 0 Å². The molecule has 0 saturated carbocycles. The van der Waals surface area contributed by atoms with Gasteiger partial charge in [0.25, 0.3) is 0 Å². The van der Waals surface area contributed by atoms with E-state index in [0.717, 1.165) is 0 Å². The van der Waals surface area contributed by atoms with E-state index in [2.05, 4.69) is 112 Å². The topological polar surface area (TPSA) is 0 Å². The summed E-state index contributed by atoms with van der Waals surface area (Å²) in [5.74, 6) is 1.28. The van der Waals surface area contributed by atoms with Crippen molar-refractivity contribution in [3.63, 3.8) is 0 Å². The average molecular weight is 589 g/mol. The monoisotopic (exact) mass is 586 g/mol. The van der Waals surface area contributed by atoms with Crippen LogP contribution in [-0.2, 0) is 34.1 Å². The molecule has 35 heavy (non-hydrogen) atoms. The molecule has 2 aliphatic carbocycles. The van der Waals surface area contributed by atoms with Gasteiger partial charge in [0, 0.05) is 0 Å². The largest absolute Gasteiger partial charge is 1.00 e. The van der Waals surface area contributed by atoms with E-state index < -0.39 is 23.2 Å². The summed E-state index contributed by atoms with van der Waals surface area (Å²) in [6.45, 7) is 23.6. The third-order valence-electron chi connectivity index (χ3n) is 7.50. The van der Waals surface area contributed by atoms with Crippen molar-refractivity contribution >= 4 is 0 Å². The second-order valence-electron chi connectivity index (χ2n) is 12.8. The fourth-order valence-electron chi connectivity index (χ4n) is 5.19. The first-order valence-corrected chi connectivity index (χ1v) is 15.4. The Morgan fingerprint density at radius 3 is 1.54 bits per heavy atom. The number of hydrogen-bond acceptors (Lipinski definition) is 0. The summed E-state index contributed by atoms with van der Waals surface area (Å²) in [5, 5.41) is 0. The predicted molar refractivity (Wildman–Crippen MR) is 141 cm³/mol. The number of benzene rings is 2.